The zero-order valence-corrected chi connectivity index (χ0v) is 14.6. The van der Waals surface area contributed by atoms with Crippen molar-refractivity contribution in [1.29, 1.82) is 0 Å². The highest BCUT2D eigenvalue weighted by atomic mass is 79.9. The Bertz CT molecular complexity index is 884. The van der Waals surface area contributed by atoms with Crippen LogP contribution in [-0.2, 0) is 0 Å². The second-order valence-electron chi connectivity index (χ2n) is 5.71. The summed E-state index contributed by atoms with van der Waals surface area (Å²) in [6, 6.07) is 11.0. The van der Waals surface area contributed by atoms with E-state index in [1.165, 1.54) is 6.07 Å². The summed E-state index contributed by atoms with van der Waals surface area (Å²) in [7, 11) is 0. The van der Waals surface area contributed by atoms with Crippen molar-refractivity contribution in [2.24, 2.45) is 5.10 Å². The van der Waals surface area contributed by atoms with Gasteiger partial charge in [-0.3, -0.25) is 4.79 Å². The first-order valence-electron chi connectivity index (χ1n) is 7.38. The van der Waals surface area contributed by atoms with Crippen LogP contribution in [0.5, 0.6) is 5.75 Å². The molecule has 0 bridgehead atoms. The van der Waals surface area contributed by atoms with Crippen LogP contribution in [0, 0.1) is 0 Å². The highest BCUT2D eigenvalue weighted by Crippen LogP contribution is 2.42. The number of aromatic hydroxyl groups is 1. The zero-order valence-electron chi connectivity index (χ0n) is 13.0. The molecule has 1 aliphatic heterocycles. The maximum absolute atomic E-state index is 13.5. The molecule has 9 heteroatoms. The van der Waals surface area contributed by atoms with E-state index in [4.69, 9.17) is 0 Å². The number of hydrogen-bond donors (Lipinski definition) is 2. The van der Waals surface area contributed by atoms with Gasteiger partial charge in [0.2, 0.25) is 0 Å². The highest BCUT2D eigenvalue weighted by molar-refractivity contribution is 9.10. The number of aliphatic hydroxyl groups is 1. The van der Waals surface area contributed by atoms with Crippen molar-refractivity contribution in [2.75, 3.05) is 0 Å². The van der Waals surface area contributed by atoms with E-state index < -0.39 is 24.2 Å². The van der Waals surface area contributed by atoms with Crippen LogP contribution in [0.1, 0.15) is 22.3 Å². The number of rotatable bonds is 2. The summed E-state index contributed by atoms with van der Waals surface area (Å²) in [6.45, 7) is 0. The average Bonchev–Trinajstić information content (AvgIpc) is 2.94. The fraction of sp³-hybridized carbons (Fsp3) is 0.176. The molecule has 0 radical (unpaired) electrons. The molecule has 2 N–H and O–H groups in total. The van der Waals surface area contributed by atoms with Gasteiger partial charge >= 0.3 is 6.18 Å². The number of hydrazone groups is 1. The Labute approximate surface area is 154 Å². The van der Waals surface area contributed by atoms with Crippen molar-refractivity contribution in [2.45, 2.75) is 18.3 Å². The molecule has 2 aromatic carbocycles. The molecule has 2 aromatic rings. The minimum Gasteiger partial charge on any atom is -0.508 e. The quantitative estimate of drug-likeness (QED) is 0.766. The lowest BCUT2D eigenvalue weighted by Gasteiger charge is -2.32. The monoisotopic (exact) mass is 428 g/mol. The van der Waals surface area contributed by atoms with Crippen LogP contribution in [0.15, 0.2) is 58.1 Å². The molecule has 5 nitrogen and oxygen atoms in total. The van der Waals surface area contributed by atoms with E-state index in [-0.39, 0.29) is 22.0 Å². The standard InChI is InChI=1S/C17H12BrF3N2O3/c18-12-3-1-2-11(8-12)14-9-16(26,17(19,20)21)23(22-14)15(25)10-4-6-13(24)7-5-10/h1-8,24,26H,9H2/t16-/m0/s1. The molecule has 0 aromatic heterocycles. The van der Waals surface area contributed by atoms with Crippen LogP contribution in [0.25, 0.3) is 0 Å². The molecular formula is C17H12BrF3N2O3. The summed E-state index contributed by atoms with van der Waals surface area (Å²) in [5.74, 6) is -1.28. The predicted octanol–water partition coefficient (Wildman–Crippen LogP) is 3.66. The lowest BCUT2D eigenvalue weighted by atomic mass is 10.0. The highest BCUT2D eigenvalue weighted by Gasteiger charge is 2.63. The van der Waals surface area contributed by atoms with Crippen molar-refractivity contribution in [3.8, 4) is 5.75 Å². The number of nitrogens with zero attached hydrogens (tertiary/aromatic N) is 2. The number of phenols is 1. The number of phenolic OH excluding ortho intramolecular Hbond substituents is 1. The van der Waals surface area contributed by atoms with Gasteiger partial charge < -0.3 is 10.2 Å². The van der Waals surface area contributed by atoms with Crippen LogP contribution in [0.4, 0.5) is 13.2 Å². The van der Waals surface area contributed by atoms with Crippen LogP contribution in [0.2, 0.25) is 0 Å². The van der Waals surface area contributed by atoms with Crippen molar-refractivity contribution >= 4 is 27.5 Å². The fourth-order valence-corrected chi connectivity index (χ4v) is 2.93. The van der Waals surface area contributed by atoms with Gasteiger partial charge in [0.1, 0.15) is 5.75 Å². The van der Waals surface area contributed by atoms with Crippen molar-refractivity contribution < 1.29 is 28.2 Å². The maximum Gasteiger partial charge on any atom is 0.438 e. The van der Waals surface area contributed by atoms with E-state index in [9.17, 15) is 28.2 Å². The summed E-state index contributed by atoms with van der Waals surface area (Å²) in [4.78, 5) is 12.5. The minimum absolute atomic E-state index is 0.0512. The van der Waals surface area contributed by atoms with Crippen LogP contribution in [-0.4, -0.2) is 38.7 Å². The number of alkyl halides is 3. The Morgan fingerprint density at radius 3 is 2.42 bits per heavy atom. The first-order valence-corrected chi connectivity index (χ1v) is 8.17. The van der Waals surface area contributed by atoms with Crippen LogP contribution >= 0.6 is 15.9 Å². The third-order valence-electron chi connectivity index (χ3n) is 3.90. The molecule has 0 spiro atoms. The van der Waals surface area contributed by atoms with Crippen LogP contribution < -0.4 is 0 Å². The lowest BCUT2D eigenvalue weighted by Crippen LogP contribution is -2.56. The number of carbonyl (C=O) groups excluding carboxylic acids is 1. The third-order valence-corrected chi connectivity index (χ3v) is 4.40. The molecule has 26 heavy (non-hydrogen) atoms. The maximum atomic E-state index is 13.5. The Balaban J connectivity index is 2.05. The minimum atomic E-state index is -5.11. The molecule has 0 aliphatic carbocycles. The molecule has 1 amide bonds. The number of hydrogen-bond acceptors (Lipinski definition) is 4. The van der Waals surface area contributed by atoms with Crippen LogP contribution in [0.3, 0.4) is 0 Å². The SMILES string of the molecule is O=C(c1ccc(O)cc1)N1N=C(c2cccc(Br)c2)C[C@]1(O)C(F)(F)F. The molecule has 0 unspecified atom stereocenters. The predicted molar refractivity (Wildman–Crippen MR) is 90.6 cm³/mol. The molecule has 0 saturated heterocycles. The molecule has 1 aliphatic rings. The van der Waals surface area contributed by atoms with E-state index in [2.05, 4.69) is 21.0 Å². The largest absolute Gasteiger partial charge is 0.508 e. The molecule has 1 heterocycles. The fourth-order valence-electron chi connectivity index (χ4n) is 2.53. The van der Waals surface area contributed by atoms with E-state index in [1.54, 1.807) is 18.2 Å². The lowest BCUT2D eigenvalue weighted by molar-refractivity contribution is -0.297. The number of amides is 1. The average molecular weight is 429 g/mol. The van der Waals surface area contributed by atoms with E-state index >= 15 is 0 Å². The van der Waals surface area contributed by atoms with Crippen molar-refractivity contribution in [1.82, 2.24) is 5.01 Å². The molecule has 0 fully saturated rings. The second-order valence-corrected chi connectivity index (χ2v) is 6.63. The van der Waals surface area contributed by atoms with Gasteiger partial charge in [-0.2, -0.15) is 23.3 Å². The molecule has 136 valence electrons. The molecule has 0 saturated carbocycles. The second kappa shape index (κ2) is 6.40. The summed E-state index contributed by atoms with van der Waals surface area (Å²) in [6.07, 6.45) is -6.01. The summed E-state index contributed by atoms with van der Waals surface area (Å²) >= 11 is 3.22. The number of halogens is 4. The Morgan fingerprint density at radius 2 is 1.85 bits per heavy atom. The smallest absolute Gasteiger partial charge is 0.438 e. The summed E-state index contributed by atoms with van der Waals surface area (Å²) < 4.78 is 41.2. The summed E-state index contributed by atoms with van der Waals surface area (Å²) in [5.41, 5.74) is -3.33. The van der Waals surface area contributed by atoms with Gasteiger partial charge in [0.15, 0.2) is 0 Å². The van der Waals surface area contributed by atoms with Gasteiger partial charge in [0.25, 0.3) is 11.6 Å². The zero-order chi connectivity index (χ0) is 19.1. The van der Waals surface area contributed by atoms with Crippen molar-refractivity contribution in [3.63, 3.8) is 0 Å². The van der Waals surface area contributed by atoms with E-state index in [1.807, 2.05) is 0 Å². The summed E-state index contributed by atoms with van der Waals surface area (Å²) in [5, 5.41) is 23.4. The van der Waals surface area contributed by atoms with Gasteiger partial charge in [-0.05, 0) is 42.0 Å². The Morgan fingerprint density at radius 1 is 1.19 bits per heavy atom. The normalized spacial score (nSPS) is 20.2. The van der Waals surface area contributed by atoms with Gasteiger partial charge in [-0.15, -0.1) is 0 Å². The first kappa shape index (κ1) is 18.4. The van der Waals surface area contributed by atoms with Gasteiger partial charge in [-0.1, -0.05) is 28.1 Å². The van der Waals surface area contributed by atoms with Gasteiger partial charge in [0.05, 0.1) is 12.1 Å². The number of benzene rings is 2. The van der Waals surface area contributed by atoms with Gasteiger partial charge in [-0.25, -0.2) is 0 Å². The van der Waals surface area contributed by atoms with Crippen molar-refractivity contribution in [3.05, 3.63) is 64.1 Å². The number of carbonyl (C=O) groups is 1. The Hall–Kier alpha value is -2.39. The van der Waals surface area contributed by atoms with E-state index in [0.717, 1.165) is 24.3 Å². The Kier molecular flexibility index (Phi) is 4.53. The third kappa shape index (κ3) is 3.19. The molecule has 3 rings (SSSR count). The molecular weight excluding hydrogens is 417 g/mol. The van der Waals surface area contributed by atoms with Gasteiger partial charge in [0, 0.05) is 10.0 Å². The topological polar surface area (TPSA) is 73.1 Å². The first-order chi connectivity index (χ1) is 12.1. The molecule has 1 atom stereocenters. The van der Waals surface area contributed by atoms with E-state index in [0.29, 0.717) is 10.0 Å².